The van der Waals surface area contributed by atoms with Crippen LogP contribution in [-0.4, -0.2) is 31.8 Å². The molecule has 23 heavy (non-hydrogen) atoms. The Morgan fingerprint density at radius 2 is 1.61 bits per heavy atom. The minimum absolute atomic E-state index is 0.0457. The largest absolute Gasteiger partial charge is 0.481 e. The maximum absolute atomic E-state index is 11.6. The number of hydrogen-bond acceptors (Lipinski definition) is 5. The van der Waals surface area contributed by atoms with Crippen molar-refractivity contribution in [1.82, 2.24) is 0 Å². The van der Waals surface area contributed by atoms with Crippen molar-refractivity contribution in [2.45, 2.75) is 56.3 Å². The molecule has 7 heteroatoms. The molecule has 3 atom stereocenters. The molecule has 1 aromatic carbocycles. The predicted molar refractivity (Wildman–Crippen MR) is 81.4 cm³/mol. The second-order valence-electron chi connectivity index (χ2n) is 5.99. The van der Waals surface area contributed by atoms with Crippen molar-refractivity contribution in [3.8, 4) is 0 Å². The lowest BCUT2D eigenvalue weighted by Crippen LogP contribution is -2.45. The zero-order valence-electron chi connectivity index (χ0n) is 12.7. The summed E-state index contributed by atoms with van der Waals surface area (Å²) in [6.45, 7) is 0. The average molecular weight is 323 g/mol. The van der Waals surface area contributed by atoms with Crippen molar-refractivity contribution >= 4 is 5.97 Å². The molecule has 126 valence electrons. The van der Waals surface area contributed by atoms with Crippen LogP contribution in [0.3, 0.4) is 0 Å². The number of unbranched alkanes of at least 4 members (excludes halogenated alkanes) is 3. The van der Waals surface area contributed by atoms with E-state index in [9.17, 15) is 25.1 Å². The highest BCUT2D eigenvalue weighted by Gasteiger charge is 2.62. The van der Waals surface area contributed by atoms with Gasteiger partial charge in [-0.3, -0.25) is 14.9 Å². The Balaban J connectivity index is 2.04. The molecule has 0 spiro atoms. The Bertz CT molecular complexity index is 559. The fourth-order valence-electron chi connectivity index (χ4n) is 3.30. The maximum atomic E-state index is 11.6. The van der Waals surface area contributed by atoms with Crippen molar-refractivity contribution in [2.24, 2.45) is 0 Å². The van der Waals surface area contributed by atoms with E-state index in [1.807, 2.05) is 0 Å². The van der Waals surface area contributed by atoms with Gasteiger partial charge in [0.2, 0.25) is 0 Å². The quantitative estimate of drug-likeness (QED) is 0.383. The summed E-state index contributed by atoms with van der Waals surface area (Å²) in [6, 6.07) is 6.55. The van der Waals surface area contributed by atoms with E-state index < -0.39 is 28.6 Å². The summed E-state index contributed by atoms with van der Waals surface area (Å²) in [5, 5.41) is 41.1. The molecule has 2 rings (SSSR count). The van der Waals surface area contributed by atoms with E-state index >= 15 is 0 Å². The van der Waals surface area contributed by atoms with Gasteiger partial charge in [-0.2, -0.15) is 0 Å². The molecule has 3 N–H and O–H groups in total. The van der Waals surface area contributed by atoms with Crippen molar-refractivity contribution in [2.75, 3.05) is 0 Å². The zero-order chi connectivity index (χ0) is 17.0. The molecule has 0 saturated carbocycles. The SMILES string of the molecule is O=C(O)CCCCCCC1([N+](=O)[O-])[C@H](O)c2ccccc2[C@@H]1O. The van der Waals surface area contributed by atoms with Crippen LogP contribution >= 0.6 is 0 Å². The number of aliphatic hydroxyl groups excluding tert-OH is 2. The van der Waals surface area contributed by atoms with Crippen LogP contribution in [0.5, 0.6) is 0 Å². The monoisotopic (exact) mass is 323 g/mol. The molecular formula is C16H21NO6. The lowest BCUT2D eigenvalue weighted by Gasteiger charge is -2.27. The van der Waals surface area contributed by atoms with Gasteiger partial charge in [0.1, 0.15) is 0 Å². The number of benzene rings is 1. The highest BCUT2D eigenvalue weighted by molar-refractivity contribution is 5.66. The van der Waals surface area contributed by atoms with Crippen molar-refractivity contribution in [3.63, 3.8) is 0 Å². The van der Waals surface area contributed by atoms with E-state index in [4.69, 9.17) is 5.11 Å². The highest BCUT2D eigenvalue weighted by atomic mass is 16.6. The number of carboxylic acid groups (broad SMARTS) is 1. The van der Waals surface area contributed by atoms with Gasteiger partial charge in [0.25, 0.3) is 5.54 Å². The number of carboxylic acids is 1. The zero-order valence-corrected chi connectivity index (χ0v) is 12.7. The highest BCUT2D eigenvalue weighted by Crippen LogP contribution is 2.51. The van der Waals surface area contributed by atoms with Crippen molar-refractivity contribution in [3.05, 3.63) is 45.5 Å². The smallest absolute Gasteiger partial charge is 0.303 e. The molecule has 0 amide bonds. The Morgan fingerprint density at radius 3 is 2.09 bits per heavy atom. The Hall–Kier alpha value is -1.99. The van der Waals surface area contributed by atoms with Gasteiger partial charge in [0.15, 0.2) is 12.2 Å². The fraction of sp³-hybridized carbons (Fsp3) is 0.562. The molecule has 1 unspecified atom stereocenters. The van der Waals surface area contributed by atoms with Crippen LogP contribution in [0.1, 0.15) is 61.9 Å². The second kappa shape index (κ2) is 7.06. The standard InChI is InChI=1S/C16H21NO6/c18-13(19)9-3-1-2-6-10-16(17(22)23)14(20)11-7-4-5-8-12(11)15(16)21/h4-5,7-8,14-15,20-21H,1-3,6,9-10H2,(H,18,19)/t14-,15+,16?. The van der Waals surface area contributed by atoms with Crippen molar-refractivity contribution in [1.29, 1.82) is 0 Å². The first-order chi connectivity index (χ1) is 10.9. The third-order valence-electron chi connectivity index (χ3n) is 4.59. The molecule has 0 fully saturated rings. The molecule has 1 aliphatic carbocycles. The molecule has 1 aliphatic rings. The van der Waals surface area contributed by atoms with E-state index in [0.29, 0.717) is 36.8 Å². The van der Waals surface area contributed by atoms with Gasteiger partial charge in [-0.05, 0) is 24.0 Å². The summed E-state index contributed by atoms with van der Waals surface area (Å²) in [5.41, 5.74) is -1.01. The number of carbonyl (C=O) groups is 1. The van der Waals surface area contributed by atoms with Gasteiger partial charge in [-0.25, -0.2) is 0 Å². The second-order valence-corrected chi connectivity index (χ2v) is 5.99. The lowest BCUT2D eigenvalue weighted by atomic mass is 9.85. The number of nitro groups is 1. The van der Waals surface area contributed by atoms with Crippen LogP contribution in [-0.2, 0) is 4.79 Å². The minimum atomic E-state index is -1.82. The first-order valence-corrected chi connectivity index (χ1v) is 7.72. The maximum Gasteiger partial charge on any atom is 0.303 e. The average Bonchev–Trinajstić information content (AvgIpc) is 2.73. The van der Waals surface area contributed by atoms with E-state index in [2.05, 4.69) is 0 Å². The number of hydrogen-bond donors (Lipinski definition) is 3. The van der Waals surface area contributed by atoms with Crippen LogP contribution in [0.4, 0.5) is 0 Å². The normalized spacial score (nSPS) is 26.0. The number of aliphatic hydroxyl groups is 2. The lowest BCUT2D eigenvalue weighted by molar-refractivity contribution is -0.598. The van der Waals surface area contributed by atoms with Crippen LogP contribution < -0.4 is 0 Å². The third-order valence-corrected chi connectivity index (χ3v) is 4.59. The van der Waals surface area contributed by atoms with Gasteiger partial charge < -0.3 is 15.3 Å². The van der Waals surface area contributed by atoms with E-state index in [-0.39, 0.29) is 12.8 Å². The first kappa shape index (κ1) is 17.4. The summed E-state index contributed by atoms with van der Waals surface area (Å²) in [7, 11) is 0. The molecule has 0 aromatic heterocycles. The van der Waals surface area contributed by atoms with Crippen LogP contribution in [0.25, 0.3) is 0 Å². The van der Waals surface area contributed by atoms with E-state index in [1.54, 1.807) is 24.3 Å². The Labute approximate surface area is 133 Å². The first-order valence-electron chi connectivity index (χ1n) is 7.72. The Morgan fingerprint density at radius 1 is 1.09 bits per heavy atom. The summed E-state index contributed by atoms with van der Waals surface area (Å²) in [6.07, 6.45) is -0.320. The number of fused-ring (bicyclic) bond motifs is 1. The molecule has 1 aromatic rings. The van der Waals surface area contributed by atoms with E-state index in [1.165, 1.54) is 0 Å². The van der Waals surface area contributed by atoms with Gasteiger partial charge in [0, 0.05) is 17.8 Å². The van der Waals surface area contributed by atoms with Crippen LogP contribution in [0.15, 0.2) is 24.3 Å². The topological polar surface area (TPSA) is 121 Å². The molecule has 7 nitrogen and oxygen atoms in total. The molecule has 0 radical (unpaired) electrons. The summed E-state index contributed by atoms with van der Waals surface area (Å²) >= 11 is 0. The molecule has 0 aliphatic heterocycles. The summed E-state index contributed by atoms with van der Waals surface area (Å²) in [5.74, 6) is -0.858. The molecular weight excluding hydrogens is 302 g/mol. The summed E-state index contributed by atoms with van der Waals surface area (Å²) < 4.78 is 0. The van der Waals surface area contributed by atoms with Crippen molar-refractivity contribution < 1.29 is 25.0 Å². The number of rotatable bonds is 8. The van der Waals surface area contributed by atoms with Gasteiger partial charge in [0.05, 0.1) is 0 Å². The van der Waals surface area contributed by atoms with Crippen LogP contribution in [0.2, 0.25) is 0 Å². The Kier molecular flexibility index (Phi) is 5.33. The summed E-state index contributed by atoms with van der Waals surface area (Å²) in [4.78, 5) is 21.5. The van der Waals surface area contributed by atoms with E-state index in [0.717, 1.165) is 0 Å². The van der Waals surface area contributed by atoms with Gasteiger partial charge >= 0.3 is 5.97 Å². The molecule has 0 heterocycles. The number of aliphatic carboxylic acids is 1. The number of nitrogens with zero attached hydrogens (tertiary/aromatic N) is 1. The third kappa shape index (κ3) is 3.20. The fourth-order valence-corrected chi connectivity index (χ4v) is 3.30. The molecule has 0 saturated heterocycles. The molecule has 0 bridgehead atoms. The predicted octanol–water partition coefficient (Wildman–Crippen LogP) is 2.21. The van der Waals surface area contributed by atoms with Gasteiger partial charge in [-0.1, -0.05) is 37.1 Å². The minimum Gasteiger partial charge on any atom is -0.481 e. The van der Waals surface area contributed by atoms with Gasteiger partial charge in [-0.15, -0.1) is 0 Å². The van der Waals surface area contributed by atoms with Crippen LogP contribution in [0, 0.1) is 10.1 Å².